The van der Waals surface area contributed by atoms with Gasteiger partial charge in [0, 0.05) is 6.42 Å². The van der Waals surface area contributed by atoms with Gasteiger partial charge in [-0.3, -0.25) is 4.79 Å². The first kappa shape index (κ1) is 44.0. The van der Waals surface area contributed by atoms with Gasteiger partial charge in [0.05, 0.1) is 6.10 Å². The van der Waals surface area contributed by atoms with Crippen LogP contribution in [0.15, 0.2) is 84.6 Å². The molecule has 0 radical (unpaired) electrons. The van der Waals surface area contributed by atoms with Crippen molar-refractivity contribution in [3.8, 4) is 0 Å². The molecule has 0 aromatic carbocycles. The fourth-order valence-corrected chi connectivity index (χ4v) is 10.5. The Labute approximate surface area is 320 Å². The Morgan fingerprint density at radius 1 is 0.769 bits per heavy atom. The molecule has 4 rings (SSSR count). The molecule has 52 heavy (non-hydrogen) atoms. The number of hydrogen-bond acceptors (Lipinski definition) is 2. The maximum atomic E-state index is 10.3. The number of allylic oxidation sites excluding steroid dienone is 13. The van der Waals surface area contributed by atoms with Gasteiger partial charge in [0.2, 0.25) is 0 Å². The lowest BCUT2D eigenvalue weighted by molar-refractivity contribution is -0.136. The zero-order chi connectivity index (χ0) is 37.8. The van der Waals surface area contributed by atoms with Crippen molar-refractivity contribution in [3.63, 3.8) is 0 Å². The highest BCUT2D eigenvalue weighted by Gasteiger charge is 2.59. The Kier molecular flexibility index (Phi) is 19.8. The molecule has 0 aromatic heterocycles. The van der Waals surface area contributed by atoms with Crippen LogP contribution in [0.1, 0.15) is 164 Å². The molecule has 0 unspecified atom stereocenters. The van der Waals surface area contributed by atoms with Gasteiger partial charge < -0.3 is 10.2 Å². The van der Waals surface area contributed by atoms with Crippen LogP contribution in [-0.2, 0) is 4.79 Å². The smallest absolute Gasteiger partial charge is 0.303 e. The second-order valence-electron chi connectivity index (χ2n) is 17.5. The molecule has 3 heteroatoms. The molecular weight excluding hydrogens is 637 g/mol. The summed E-state index contributed by atoms with van der Waals surface area (Å²) in [6.45, 7) is 14.7. The van der Waals surface area contributed by atoms with Crippen molar-refractivity contribution in [2.75, 3.05) is 0 Å². The summed E-state index contributed by atoms with van der Waals surface area (Å²) in [7, 11) is 0. The van der Waals surface area contributed by atoms with E-state index in [0.29, 0.717) is 17.3 Å². The number of carboxylic acid groups (broad SMARTS) is 1. The zero-order valence-electron chi connectivity index (χ0n) is 34.3. The van der Waals surface area contributed by atoms with Crippen LogP contribution < -0.4 is 0 Å². The van der Waals surface area contributed by atoms with Crippen molar-refractivity contribution in [2.45, 2.75) is 170 Å². The Hall–Kier alpha value is -2.39. The van der Waals surface area contributed by atoms with Crippen molar-refractivity contribution in [1.29, 1.82) is 0 Å². The van der Waals surface area contributed by atoms with E-state index in [0.717, 1.165) is 86.9 Å². The average molecular weight is 715 g/mol. The number of aliphatic hydroxyl groups excluding tert-OH is 1. The zero-order valence-corrected chi connectivity index (χ0v) is 34.3. The summed E-state index contributed by atoms with van der Waals surface area (Å²) in [5.41, 5.74) is 2.60. The highest BCUT2D eigenvalue weighted by atomic mass is 16.4. The fourth-order valence-electron chi connectivity index (χ4n) is 10.5. The first-order chi connectivity index (χ1) is 25.0. The summed E-state index contributed by atoms with van der Waals surface area (Å²) in [4.78, 5) is 10.3. The predicted octanol–water partition coefficient (Wildman–Crippen LogP) is 13.9. The molecule has 0 aliphatic heterocycles. The van der Waals surface area contributed by atoms with Crippen molar-refractivity contribution >= 4 is 5.97 Å². The van der Waals surface area contributed by atoms with Crippen molar-refractivity contribution in [2.24, 2.45) is 46.3 Å². The lowest BCUT2D eigenvalue weighted by Gasteiger charge is -2.58. The van der Waals surface area contributed by atoms with E-state index in [1.807, 2.05) is 12.2 Å². The second-order valence-corrected chi connectivity index (χ2v) is 17.5. The van der Waals surface area contributed by atoms with E-state index < -0.39 is 5.97 Å². The van der Waals surface area contributed by atoms with Gasteiger partial charge in [-0.25, -0.2) is 0 Å². The SMILES string of the molecule is CC(C)CCC[C@@H](C)[C@H]1CC[C@H]2[C@@H]3CC=C4C[C@@H](O)CC[C@]4(C)[C@H]3CC[C@]12C.CC/C=C\C/C=C\C/C=C\C/C=C\C/C=C\C/C=C\CCC(=O)O. The maximum absolute atomic E-state index is 10.3. The summed E-state index contributed by atoms with van der Waals surface area (Å²) < 4.78 is 0. The quantitative estimate of drug-likeness (QED) is 0.131. The third-order valence-corrected chi connectivity index (χ3v) is 13.4. The third kappa shape index (κ3) is 13.8. The van der Waals surface area contributed by atoms with Gasteiger partial charge in [0.1, 0.15) is 0 Å². The molecule has 0 bridgehead atoms. The minimum absolute atomic E-state index is 0.0766. The van der Waals surface area contributed by atoms with Crippen molar-refractivity contribution in [3.05, 3.63) is 84.6 Å². The van der Waals surface area contributed by atoms with E-state index in [-0.39, 0.29) is 12.5 Å². The molecule has 292 valence electrons. The highest BCUT2D eigenvalue weighted by molar-refractivity contribution is 5.66. The first-order valence-electron chi connectivity index (χ1n) is 21.5. The summed E-state index contributed by atoms with van der Waals surface area (Å²) in [5.74, 6) is 4.72. The predicted molar refractivity (Wildman–Crippen MR) is 224 cm³/mol. The van der Waals surface area contributed by atoms with Crippen molar-refractivity contribution in [1.82, 2.24) is 0 Å². The third-order valence-electron chi connectivity index (χ3n) is 13.4. The van der Waals surface area contributed by atoms with Crippen LogP contribution in [0.3, 0.4) is 0 Å². The normalized spacial score (nSPS) is 31.1. The molecular formula is C49H78O3. The molecule has 0 aromatic rings. The summed E-state index contributed by atoms with van der Waals surface area (Å²) in [6, 6.07) is 0. The minimum atomic E-state index is -0.741. The van der Waals surface area contributed by atoms with Gasteiger partial charge in [-0.1, -0.05) is 145 Å². The van der Waals surface area contributed by atoms with Crippen LogP contribution in [0, 0.1) is 46.3 Å². The average Bonchev–Trinajstić information content (AvgIpc) is 3.47. The number of fused-ring (bicyclic) bond motifs is 5. The van der Waals surface area contributed by atoms with Gasteiger partial charge >= 0.3 is 5.97 Å². The molecule has 0 saturated heterocycles. The maximum Gasteiger partial charge on any atom is 0.303 e. The molecule has 3 saturated carbocycles. The largest absolute Gasteiger partial charge is 0.481 e. The van der Waals surface area contributed by atoms with E-state index in [2.05, 4.69) is 108 Å². The topological polar surface area (TPSA) is 57.5 Å². The molecule has 8 atom stereocenters. The lowest BCUT2D eigenvalue weighted by Crippen LogP contribution is -2.50. The number of aliphatic carboxylic acids is 1. The Morgan fingerprint density at radius 2 is 1.35 bits per heavy atom. The van der Waals surface area contributed by atoms with Crippen LogP contribution in [0.2, 0.25) is 0 Å². The van der Waals surface area contributed by atoms with Crippen LogP contribution >= 0.6 is 0 Å². The van der Waals surface area contributed by atoms with E-state index >= 15 is 0 Å². The molecule has 3 fully saturated rings. The van der Waals surface area contributed by atoms with E-state index in [9.17, 15) is 9.90 Å². The summed E-state index contributed by atoms with van der Waals surface area (Å²) >= 11 is 0. The standard InChI is InChI=1S/C27H46O.C22H32O2/c1-18(2)7-6-8-19(3)23-11-12-24-22-10-9-20-17-21(28)13-15-26(20,4)25(22)14-16-27(23,24)5;1-2-3-4-5-6-7-8-9-10-11-12-13-14-15-16-17-18-19-20-21-22(23)24/h9,18-19,21-25,28H,6-8,10-17H2,1-5H3;3-4,6-7,9-10,12-13,15-16,18-19H,2,5,8,11,14,17,20-21H2,1H3,(H,23,24)/b;4-3-,7-6-,10-9-,13-12-,16-15-,19-18-/t19-,21+,22+,23-,24+,25+,26+,27-;/m1./s1. The first-order valence-corrected chi connectivity index (χ1v) is 21.5. The van der Waals surface area contributed by atoms with Gasteiger partial charge in [-0.2, -0.15) is 0 Å². The van der Waals surface area contributed by atoms with Gasteiger partial charge in [-0.05, 0) is 143 Å². The van der Waals surface area contributed by atoms with Crippen LogP contribution in [0.25, 0.3) is 0 Å². The lowest BCUT2D eigenvalue weighted by atomic mass is 9.47. The Morgan fingerprint density at radius 3 is 1.90 bits per heavy atom. The number of rotatable bonds is 19. The molecule has 4 aliphatic carbocycles. The van der Waals surface area contributed by atoms with Gasteiger partial charge in [-0.15, -0.1) is 0 Å². The molecule has 2 N–H and O–H groups in total. The Balaban J connectivity index is 0.000000285. The summed E-state index contributed by atoms with van der Waals surface area (Å²) in [5, 5.41) is 18.7. The number of hydrogen-bond donors (Lipinski definition) is 2. The number of aliphatic hydroxyl groups is 1. The van der Waals surface area contributed by atoms with E-state index in [1.165, 1.54) is 57.8 Å². The van der Waals surface area contributed by atoms with Gasteiger partial charge in [0.25, 0.3) is 0 Å². The molecule has 4 aliphatic rings. The molecule has 0 spiro atoms. The highest BCUT2D eigenvalue weighted by Crippen LogP contribution is 2.67. The molecule has 0 heterocycles. The summed E-state index contributed by atoms with van der Waals surface area (Å²) in [6.07, 6.45) is 49.6. The molecule has 0 amide bonds. The monoisotopic (exact) mass is 715 g/mol. The van der Waals surface area contributed by atoms with Crippen LogP contribution in [0.4, 0.5) is 0 Å². The minimum Gasteiger partial charge on any atom is -0.481 e. The number of carboxylic acids is 1. The number of carbonyl (C=O) groups is 1. The van der Waals surface area contributed by atoms with E-state index in [4.69, 9.17) is 5.11 Å². The second kappa shape index (κ2) is 23.4. The Bertz CT molecular complexity index is 1240. The van der Waals surface area contributed by atoms with Crippen molar-refractivity contribution < 1.29 is 15.0 Å². The fraction of sp³-hybridized carbons (Fsp3) is 0.694. The van der Waals surface area contributed by atoms with E-state index in [1.54, 1.807) is 5.57 Å². The van der Waals surface area contributed by atoms with Gasteiger partial charge in [0.15, 0.2) is 0 Å². The van der Waals surface area contributed by atoms with Crippen LogP contribution in [-0.4, -0.2) is 22.3 Å². The molecule has 3 nitrogen and oxygen atoms in total. The van der Waals surface area contributed by atoms with Crippen LogP contribution in [0.5, 0.6) is 0 Å².